The Morgan fingerprint density at radius 3 is 1.55 bits per heavy atom. The molecule has 6 aromatic rings. The van der Waals surface area contributed by atoms with Crippen molar-refractivity contribution < 1.29 is 90.0 Å². The Hall–Kier alpha value is -6.70. The molecule has 31 nitrogen and oxygen atoms in total. The van der Waals surface area contributed by atoms with Crippen LogP contribution in [0.4, 0.5) is 11.6 Å². The third-order valence-corrected chi connectivity index (χ3v) is 14.5. The highest BCUT2D eigenvalue weighted by Crippen LogP contribution is 2.61. The Bertz CT molecular complexity index is 3130. The Labute approximate surface area is 424 Å². The molecule has 12 atom stereocenters. The first kappa shape index (κ1) is 54.6. The molecule has 0 bridgehead atoms. The second-order valence-corrected chi connectivity index (χ2v) is 19.7. The summed E-state index contributed by atoms with van der Waals surface area (Å²) in [4.78, 5) is 74.1. The topological polar surface area (TPSA) is 442 Å². The quantitative estimate of drug-likeness (QED) is 0.0316. The molecule has 2 aliphatic heterocycles. The number of hydrogen-bond donors (Lipinski definition) is 8. The van der Waals surface area contributed by atoms with Crippen molar-refractivity contribution in [3.63, 3.8) is 0 Å². The number of phosphoric ester groups is 2. The molecule has 2 fully saturated rings. The maximum absolute atomic E-state index is 14.1. The van der Waals surface area contributed by atoms with Crippen molar-refractivity contribution in [3.05, 3.63) is 72.8 Å². The van der Waals surface area contributed by atoms with Crippen LogP contribution in [-0.2, 0) is 63.9 Å². The molecule has 33 heteroatoms. The molecule has 2 aliphatic rings. The molecule has 8 rings (SSSR count). The van der Waals surface area contributed by atoms with E-state index in [2.05, 4.69) is 34.2 Å². The monoisotopic (exact) mass is 1090 g/mol. The fraction of sp³-hybridized carbons (Fsp3) is 0.429. The Balaban J connectivity index is 1.03. The Kier molecular flexibility index (Phi) is 16.5. The third-order valence-electron chi connectivity index (χ3n) is 11.9. The lowest BCUT2D eigenvalue weighted by Crippen LogP contribution is -2.47. The highest BCUT2D eigenvalue weighted by atomic mass is 31.3. The molecular weight excluding hydrogens is 1040 g/mol. The number of nitrogens with zero attached hydrogens (tertiary/aromatic N) is 8. The van der Waals surface area contributed by atoms with E-state index in [1.54, 1.807) is 36.4 Å². The van der Waals surface area contributed by atoms with Crippen LogP contribution in [0.25, 0.3) is 22.3 Å². The van der Waals surface area contributed by atoms with Crippen molar-refractivity contribution in [1.29, 1.82) is 0 Å². The van der Waals surface area contributed by atoms with Crippen LogP contribution >= 0.6 is 15.6 Å². The van der Waals surface area contributed by atoms with E-state index >= 15 is 0 Å². The molecule has 2 unspecified atom stereocenters. The normalized spacial score (nSPS) is 24.0. The van der Waals surface area contributed by atoms with Gasteiger partial charge in [-0.05, 0) is 48.2 Å². The number of ether oxygens (including phenoxy) is 8. The van der Waals surface area contributed by atoms with Crippen molar-refractivity contribution in [2.24, 2.45) is 11.5 Å². The van der Waals surface area contributed by atoms with Gasteiger partial charge in [-0.3, -0.25) is 27.8 Å². The highest BCUT2D eigenvalue weighted by molar-refractivity contribution is 7.61. The van der Waals surface area contributed by atoms with Gasteiger partial charge < -0.3 is 80.8 Å². The average molecular weight is 1090 g/mol. The van der Waals surface area contributed by atoms with Gasteiger partial charge >= 0.3 is 27.6 Å². The number of anilines is 2. The number of nitrogen functional groups attached to an aromatic ring is 2. The van der Waals surface area contributed by atoms with E-state index in [1.165, 1.54) is 50.2 Å². The van der Waals surface area contributed by atoms with Crippen LogP contribution in [0.3, 0.4) is 0 Å². The van der Waals surface area contributed by atoms with Crippen molar-refractivity contribution >= 4 is 61.5 Å². The molecular formula is C42H52N12O19P2. The summed E-state index contributed by atoms with van der Waals surface area (Å²) in [6.45, 7) is -2.09. The number of fused-ring (bicyclic) bond motifs is 2. The van der Waals surface area contributed by atoms with Gasteiger partial charge in [-0.25, -0.2) is 39.0 Å². The summed E-state index contributed by atoms with van der Waals surface area (Å²) in [6.07, 6.45) is -8.71. The summed E-state index contributed by atoms with van der Waals surface area (Å²) in [5.74, 6) is -0.706. The van der Waals surface area contributed by atoms with E-state index in [0.717, 1.165) is 12.7 Å². The number of nitrogens with two attached hydrogens (primary N) is 4. The zero-order chi connectivity index (χ0) is 53.9. The fourth-order valence-electron chi connectivity index (χ4n) is 8.19. The number of carbonyl (C=O) groups excluding carboxylic acids is 2. The van der Waals surface area contributed by atoms with Gasteiger partial charge in [0.05, 0.1) is 54.3 Å². The van der Waals surface area contributed by atoms with E-state index in [-0.39, 0.29) is 46.8 Å². The molecule has 4 aromatic heterocycles. The van der Waals surface area contributed by atoms with Gasteiger partial charge in [-0.2, -0.15) is 4.31 Å². The van der Waals surface area contributed by atoms with Gasteiger partial charge in [-0.15, -0.1) is 0 Å². The number of hydrogen-bond acceptors (Lipinski definition) is 27. The van der Waals surface area contributed by atoms with Gasteiger partial charge in [0.1, 0.15) is 60.2 Å². The Morgan fingerprint density at radius 1 is 0.627 bits per heavy atom. The van der Waals surface area contributed by atoms with Gasteiger partial charge in [0.15, 0.2) is 70.6 Å². The second kappa shape index (κ2) is 22.6. The number of benzene rings is 2. The zero-order valence-corrected chi connectivity index (χ0v) is 41.9. The minimum atomic E-state index is -5.72. The van der Waals surface area contributed by atoms with E-state index in [1.807, 2.05) is 0 Å². The van der Waals surface area contributed by atoms with Crippen LogP contribution < -0.4 is 41.9 Å². The SMILES string of the molecule is COc1ccc(C[C@H](N)C(=O)O[C@@H]2[C@H](OC(=O)[C@@H](N)Cc3ccc(OC)c(OC)c3)[C@@H](COP(=O)(O)OP(=O)(O)OC[C@H]3O[C@@H](n4cnc5c(N)ncnc54)[C@H](O)[C@@H]3O)O[C@H]2n2cnc3c(N)ncnc32)cc1OC. The molecule has 0 saturated carbocycles. The average Bonchev–Trinajstić information content (AvgIpc) is 4.16. The van der Waals surface area contributed by atoms with Gasteiger partial charge in [0.2, 0.25) is 0 Å². The summed E-state index contributed by atoms with van der Waals surface area (Å²) in [5.41, 5.74) is 26.2. The van der Waals surface area contributed by atoms with E-state index in [9.17, 15) is 38.7 Å². The van der Waals surface area contributed by atoms with Crippen LogP contribution in [-0.4, -0.2) is 161 Å². The summed E-state index contributed by atoms with van der Waals surface area (Å²) >= 11 is 0. The maximum atomic E-state index is 14.1. The molecule has 404 valence electrons. The number of carbonyl (C=O) groups is 2. The standard InChI is InChI=1S/C42H52N12O19P2/c1-63-23-7-5-19(11-25(23)65-3)9-21(43)41(57)71-33-28(14-68-75(61,62)73-74(59,60)67-13-27-31(55)32(56)39(69-27)53-17-51-29-35(45)47-15-49-37(29)53)70-40(54-18-52-30-36(46)48-16-50-38(30)54)34(33)72-42(58)22(44)10-20-6-8-24(64-2)26(12-20)66-4/h5-8,11-12,15-18,21-22,27-28,31-34,39-40,55-56H,9-10,13-14,43-44H2,1-4H3,(H,59,60)(H,61,62)(H2,45,47,49)(H2,46,48,50)/t21-,22-,27+,28+,31+,32+,33+,34+,39+,40+/m0/s1. The fourth-order valence-corrected chi connectivity index (χ4v) is 10.3. The van der Waals surface area contributed by atoms with Gasteiger partial charge in [0, 0.05) is 0 Å². The van der Waals surface area contributed by atoms with Crippen molar-refractivity contribution in [2.75, 3.05) is 53.1 Å². The number of phosphoric acid groups is 2. The lowest BCUT2D eigenvalue weighted by molar-refractivity contribution is -0.170. The minimum absolute atomic E-state index is 0.0160. The molecule has 0 spiro atoms. The van der Waals surface area contributed by atoms with Crippen LogP contribution in [0.2, 0.25) is 0 Å². The zero-order valence-electron chi connectivity index (χ0n) is 40.1. The van der Waals surface area contributed by atoms with E-state index in [4.69, 9.17) is 69.9 Å². The Morgan fingerprint density at radius 2 is 1.07 bits per heavy atom. The molecule has 0 amide bonds. The van der Waals surface area contributed by atoms with Crippen LogP contribution in [0, 0.1) is 0 Å². The van der Waals surface area contributed by atoms with Gasteiger partial charge in [0.25, 0.3) is 0 Å². The second-order valence-electron chi connectivity index (χ2n) is 16.7. The van der Waals surface area contributed by atoms with Crippen LogP contribution in [0.5, 0.6) is 23.0 Å². The van der Waals surface area contributed by atoms with Crippen LogP contribution in [0.1, 0.15) is 23.6 Å². The first-order valence-corrected chi connectivity index (χ1v) is 25.3. The molecule has 75 heavy (non-hydrogen) atoms. The first-order chi connectivity index (χ1) is 35.7. The van der Waals surface area contributed by atoms with Crippen LogP contribution in [0.15, 0.2) is 61.7 Å². The number of aliphatic hydroxyl groups excluding tert-OH is 2. The number of methoxy groups -OCH3 is 4. The molecule has 0 aliphatic carbocycles. The van der Waals surface area contributed by atoms with E-state index < -0.39 is 102 Å². The van der Waals surface area contributed by atoms with Crippen molar-refractivity contribution in [2.45, 2.75) is 74.0 Å². The number of aromatic nitrogens is 8. The smallest absolute Gasteiger partial charge is 0.481 e. The third kappa shape index (κ3) is 11.9. The molecule has 6 heterocycles. The highest BCUT2D eigenvalue weighted by Gasteiger charge is 2.53. The van der Waals surface area contributed by atoms with Crippen molar-refractivity contribution in [3.8, 4) is 23.0 Å². The van der Waals surface area contributed by atoms with E-state index in [0.29, 0.717) is 34.1 Å². The number of esters is 2. The molecule has 2 aromatic carbocycles. The largest absolute Gasteiger partial charge is 0.493 e. The summed E-state index contributed by atoms with van der Waals surface area (Å²) in [6, 6.07) is 6.83. The maximum Gasteiger partial charge on any atom is 0.481 e. The minimum Gasteiger partial charge on any atom is -0.493 e. The molecule has 0 radical (unpaired) electrons. The lowest BCUT2D eigenvalue weighted by atomic mass is 10.0. The lowest BCUT2D eigenvalue weighted by Gasteiger charge is -2.27. The summed E-state index contributed by atoms with van der Waals surface area (Å²) in [7, 11) is -5.61. The molecule has 2 saturated heterocycles. The predicted octanol–water partition coefficient (Wildman–Crippen LogP) is -0.404. The first-order valence-electron chi connectivity index (χ1n) is 22.3. The van der Waals surface area contributed by atoms with Crippen molar-refractivity contribution in [1.82, 2.24) is 39.0 Å². The predicted molar refractivity (Wildman–Crippen MR) is 254 cm³/mol. The number of rotatable bonds is 22. The molecule has 12 N–H and O–H groups in total. The number of aliphatic hydroxyl groups is 2. The summed E-state index contributed by atoms with van der Waals surface area (Å²) in [5, 5.41) is 21.6. The summed E-state index contributed by atoms with van der Waals surface area (Å²) < 4.78 is 89.2. The van der Waals surface area contributed by atoms with Gasteiger partial charge in [-0.1, -0.05) is 12.1 Å². The number of imidazole rings is 2.